The third kappa shape index (κ3) is 3.22. The molecule has 82 valence electrons. The maximum atomic E-state index is 5.86. The molecule has 1 atom stereocenters. The van der Waals surface area contributed by atoms with Crippen molar-refractivity contribution in [3.05, 3.63) is 34.9 Å². The fourth-order valence-electron chi connectivity index (χ4n) is 2.21. The number of nitrogens with two attached hydrogens (primary N) is 1. The van der Waals surface area contributed by atoms with Crippen molar-refractivity contribution in [1.29, 1.82) is 0 Å². The molecule has 0 amide bonds. The smallest absolute Gasteiger partial charge is 0.0406 e. The average Bonchev–Trinajstić information content (AvgIpc) is 3.04. The first-order chi connectivity index (χ1) is 7.29. The highest BCUT2D eigenvalue weighted by atomic mass is 35.5. The van der Waals surface area contributed by atoms with Crippen molar-refractivity contribution in [1.82, 2.24) is 0 Å². The molecule has 0 radical (unpaired) electrons. The molecule has 0 aromatic heterocycles. The van der Waals surface area contributed by atoms with Gasteiger partial charge < -0.3 is 5.73 Å². The van der Waals surface area contributed by atoms with Gasteiger partial charge in [-0.3, -0.25) is 0 Å². The van der Waals surface area contributed by atoms with Crippen molar-refractivity contribution in [3.63, 3.8) is 0 Å². The third-order valence-corrected chi connectivity index (χ3v) is 3.49. The molecular formula is C13H18ClN. The van der Waals surface area contributed by atoms with Gasteiger partial charge in [0.25, 0.3) is 0 Å². The molecule has 15 heavy (non-hydrogen) atoms. The maximum Gasteiger partial charge on any atom is 0.0406 e. The Bertz CT molecular complexity index is 303. The molecule has 0 bridgehead atoms. The zero-order valence-corrected chi connectivity index (χ0v) is 9.71. The summed E-state index contributed by atoms with van der Waals surface area (Å²) in [4.78, 5) is 0. The van der Waals surface area contributed by atoms with E-state index in [2.05, 4.69) is 12.1 Å². The Morgan fingerprint density at radius 2 is 1.93 bits per heavy atom. The van der Waals surface area contributed by atoms with E-state index in [9.17, 15) is 0 Å². The molecule has 1 nitrogen and oxygen atoms in total. The zero-order valence-electron chi connectivity index (χ0n) is 8.95. The molecule has 1 aliphatic rings. The van der Waals surface area contributed by atoms with Gasteiger partial charge in [0, 0.05) is 5.02 Å². The molecule has 0 saturated heterocycles. The van der Waals surface area contributed by atoms with Crippen molar-refractivity contribution in [2.45, 2.75) is 25.7 Å². The number of hydrogen-bond donors (Lipinski definition) is 1. The Labute approximate surface area is 96.6 Å². The largest absolute Gasteiger partial charge is 0.330 e. The summed E-state index contributed by atoms with van der Waals surface area (Å²) in [7, 11) is 0. The predicted octanol–water partition coefficient (Wildman–Crippen LogP) is 3.26. The fourth-order valence-corrected chi connectivity index (χ4v) is 2.34. The van der Waals surface area contributed by atoms with Crippen LogP contribution in [0, 0.1) is 11.8 Å². The molecule has 2 N–H and O–H groups in total. The van der Waals surface area contributed by atoms with Crippen LogP contribution < -0.4 is 5.73 Å². The minimum absolute atomic E-state index is 0.788. The van der Waals surface area contributed by atoms with Gasteiger partial charge in [0.15, 0.2) is 0 Å². The van der Waals surface area contributed by atoms with Gasteiger partial charge in [-0.25, -0.2) is 0 Å². The monoisotopic (exact) mass is 223 g/mol. The van der Waals surface area contributed by atoms with Crippen LogP contribution in [-0.2, 0) is 6.42 Å². The lowest BCUT2D eigenvalue weighted by Crippen LogP contribution is -2.13. The molecule has 1 aromatic carbocycles. The Kier molecular flexibility index (Phi) is 3.66. The summed E-state index contributed by atoms with van der Waals surface area (Å²) in [5.41, 5.74) is 7.04. The standard InChI is InChI=1S/C13H18ClN/c14-13-5-1-10(2-6-13)9-12(7-8-15)11-3-4-11/h1-2,5-6,11-12H,3-4,7-9,15H2. The third-order valence-electron chi connectivity index (χ3n) is 3.24. The van der Waals surface area contributed by atoms with Crippen LogP contribution in [0.15, 0.2) is 24.3 Å². The van der Waals surface area contributed by atoms with Crippen molar-refractivity contribution >= 4 is 11.6 Å². The highest BCUT2D eigenvalue weighted by Gasteiger charge is 2.30. The van der Waals surface area contributed by atoms with E-state index in [1.165, 1.54) is 24.8 Å². The predicted molar refractivity (Wildman–Crippen MR) is 65.0 cm³/mol. The lowest BCUT2D eigenvalue weighted by molar-refractivity contribution is 0.432. The van der Waals surface area contributed by atoms with E-state index < -0.39 is 0 Å². The topological polar surface area (TPSA) is 26.0 Å². The Morgan fingerprint density at radius 1 is 1.27 bits per heavy atom. The quantitative estimate of drug-likeness (QED) is 0.815. The van der Waals surface area contributed by atoms with Crippen molar-refractivity contribution < 1.29 is 0 Å². The van der Waals surface area contributed by atoms with Crippen molar-refractivity contribution in [3.8, 4) is 0 Å². The molecule has 1 saturated carbocycles. The molecule has 1 aliphatic carbocycles. The first kappa shape index (κ1) is 11.0. The van der Waals surface area contributed by atoms with Crippen molar-refractivity contribution in [2.75, 3.05) is 6.54 Å². The van der Waals surface area contributed by atoms with E-state index in [1.807, 2.05) is 12.1 Å². The van der Waals surface area contributed by atoms with Gasteiger partial charge in [-0.2, -0.15) is 0 Å². The molecule has 1 aromatic rings. The fraction of sp³-hybridized carbons (Fsp3) is 0.538. The number of halogens is 1. The lowest BCUT2D eigenvalue weighted by Gasteiger charge is -2.15. The molecule has 2 rings (SSSR count). The van der Waals surface area contributed by atoms with Gasteiger partial charge in [-0.15, -0.1) is 0 Å². The average molecular weight is 224 g/mol. The summed E-state index contributed by atoms with van der Waals surface area (Å²) < 4.78 is 0. The molecular weight excluding hydrogens is 206 g/mol. The summed E-state index contributed by atoms with van der Waals surface area (Å²) in [6, 6.07) is 8.22. The summed E-state index contributed by atoms with van der Waals surface area (Å²) in [6.45, 7) is 0.814. The summed E-state index contributed by atoms with van der Waals surface area (Å²) in [6.07, 6.45) is 5.13. The van der Waals surface area contributed by atoms with E-state index in [0.29, 0.717) is 0 Å². The van der Waals surface area contributed by atoms with Crippen LogP contribution in [0.2, 0.25) is 5.02 Å². The Hall–Kier alpha value is -0.530. The second-order valence-corrected chi connectivity index (χ2v) is 4.94. The highest BCUT2D eigenvalue weighted by Crippen LogP contribution is 2.40. The first-order valence-electron chi connectivity index (χ1n) is 5.74. The Balaban J connectivity index is 1.95. The Morgan fingerprint density at radius 3 is 2.47 bits per heavy atom. The van der Waals surface area contributed by atoms with Crippen LogP contribution in [0.5, 0.6) is 0 Å². The maximum absolute atomic E-state index is 5.86. The lowest BCUT2D eigenvalue weighted by atomic mass is 9.92. The van der Waals surface area contributed by atoms with Gasteiger partial charge in [-0.1, -0.05) is 23.7 Å². The molecule has 0 spiro atoms. The summed E-state index contributed by atoms with van der Waals surface area (Å²) in [5.74, 6) is 1.72. The van der Waals surface area contributed by atoms with Crippen LogP contribution in [0.25, 0.3) is 0 Å². The van der Waals surface area contributed by atoms with Gasteiger partial charge >= 0.3 is 0 Å². The van der Waals surface area contributed by atoms with Gasteiger partial charge in [-0.05, 0) is 61.8 Å². The minimum Gasteiger partial charge on any atom is -0.330 e. The summed E-state index contributed by atoms with van der Waals surface area (Å²) in [5, 5.41) is 0.820. The van der Waals surface area contributed by atoms with Crippen LogP contribution >= 0.6 is 11.6 Å². The highest BCUT2D eigenvalue weighted by molar-refractivity contribution is 6.30. The van der Waals surface area contributed by atoms with Crippen LogP contribution in [0.3, 0.4) is 0 Å². The molecule has 2 heteroatoms. The minimum atomic E-state index is 0.788. The van der Waals surface area contributed by atoms with E-state index >= 15 is 0 Å². The van der Waals surface area contributed by atoms with Gasteiger partial charge in [0.05, 0.1) is 0 Å². The van der Waals surface area contributed by atoms with Crippen LogP contribution in [-0.4, -0.2) is 6.54 Å². The van der Waals surface area contributed by atoms with Crippen LogP contribution in [0.4, 0.5) is 0 Å². The van der Waals surface area contributed by atoms with E-state index in [1.54, 1.807) is 0 Å². The van der Waals surface area contributed by atoms with E-state index in [4.69, 9.17) is 17.3 Å². The first-order valence-corrected chi connectivity index (χ1v) is 6.12. The molecule has 0 aliphatic heterocycles. The normalized spacial score (nSPS) is 17.7. The number of benzene rings is 1. The van der Waals surface area contributed by atoms with E-state index in [0.717, 1.165) is 29.8 Å². The number of hydrogen-bond acceptors (Lipinski definition) is 1. The number of rotatable bonds is 5. The van der Waals surface area contributed by atoms with Crippen molar-refractivity contribution in [2.24, 2.45) is 17.6 Å². The second-order valence-electron chi connectivity index (χ2n) is 4.51. The van der Waals surface area contributed by atoms with Gasteiger partial charge in [0.2, 0.25) is 0 Å². The molecule has 0 heterocycles. The summed E-state index contributed by atoms with van der Waals surface area (Å²) >= 11 is 5.86. The van der Waals surface area contributed by atoms with Crippen LogP contribution in [0.1, 0.15) is 24.8 Å². The second kappa shape index (κ2) is 5.00. The molecule has 1 unspecified atom stereocenters. The van der Waals surface area contributed by atoms with E-state index in [-0.39, 0.29) is 0 Å². The SMILES string of the molecule is NCCC(Cc1ccc(Cl)cc1)C1CC1. The molecule has 1 fully saturated rings. The van der Waals surface area contributed by atoms with Gasteiger partial charge in [0.1, 0.15) is 0 Å². The zero-order chi connectivity index (χ0) is 10.7.